The minimum Gasteiger partial charge on any atom is -0.361 e. The van der Waals surface area contributed by atoms with Crippen LogP contribution in [-0.2, 0) is 4.79 Å². The van der Waals surface area contributed by atoms with Crippen LogP contribution in [0.2, 0.25) is 0 Å². The first kappa shape index (κ1) is 14.0. The summed E-state index contributed by atoms with van der Waals surface area (Å²) < 4.78 is 0.924. The van der Waals surface area contributed by atoms with E-state index in [4.69, 9.17) is 0 Å². The van der Waals surface area contributed by atoms with Gasteiger partial charge in [0, 0.05) is 13.1 Å². The minimum absolute atomic E-state index is 0.210. The van der Waals surface area contributed by atoms with E-state index in [0.717, 1.165) is 3.81 Å². The van der Waals surface area contributed by atoms with Gasteiger partial charge in [0.05, 0.1) is 15.1 Å². The summed E-state index contributed by atoms with van der Waals surface area (Å²) in [6, 6.07) is 6.88. The molecule has 5 nitrogen and oxygen atoms in total. The largest absolute Gasteiger partial charge is 0.361 e. The molecule has 1 aliphatic heterocycles. The smallest absolute Gasteiger partial charge is 0.255 e. The summed E-state index contributed by atoms with van der Waals surface area (Å²) in [6.07, 6.45) is 1.77. The fraction of sp³-hybridized carbons (Fsp3) is 0.167. The van der Waals surface area contributed by atoms with E-state index in [2.05, 4.69) is 31.9 Å². The zero-order valence-corrected chi connectivity index (χ0v) is 12.5. The fourth-order valence-electron chi connectivity index (χ4n) is 1.57. The summed E-state index contributed by atoms with van der Waals surface area (Å²) in [5, 5.41) is 8.46. The van der Waals surface area contributed by atoms with E-state index in [-0.39, 0.29) is 17.3 Å². The van der Waals surface area contributed by atoms with Gasteiger partial charge in [0.25, 0.3) is 5.91 Å². The average molecular weight is 342 g/mol. The zero-order valence-electron chi connectivity index (χ0n) is 10.1. The van der Waals surface area contributed by atoms with Crippen LogP contribution in [0.1, 0.15) is 17.3 Å². The molecule has 0 aliphatic carbocycles. The molecule has 19 heavy (non-hydrogen) atoms. The first-order chi connectivity index (χ1) is 9.06. The van der Waals surface area contributed by atoms with Crippen molar-refractivity contribution in [2.75, 3.05) is 5.32 Å². The van der Waals surface area contributed by atoms with Gasteiger partial charge in [0.1, 0.15) is 0 Å². The number of carbonyl (C=O) groups excluding carboxylic acids is 2. The summed E-state index contributed by atoms with van der Waals surface area (Å²) in [6.45, 7) is 1.41. The lowest BCUT2D eigenvalue weighted by molar-refractivity contribution is -0.114. The van der Waals surface area contributed by atoms with Crippen LogP contribution in [0.25, 0.3) is 0 Å². The number of hydrogen-bond donors (Lipinski definition) is 3. The highest BCUT2D eigenvalue weighted by molar-refractivity contribution is 9.14. The molecular formula is C12H12BrN3O2S. The molecule has 0 aromatic heterocycles. The molecule has 3 N–H and O–H groups in total. The number of hydrogen-bond acceptors (Lipinski definition) is 4. The lowest BCUT2D eigenvalue weighted by atomic mass is 10.1. The lowest BCUT2D eigenvalue weighted by Crippen LogP contribution is -2.38. The van der Waals surface area contributed by atoms with Crippen molar-refractivity contribution in [1.82, 2.24) is 10.6 Å². The average Bonchev–Trinajstić information content (AvgIpc) is 2.74. The lowest BCUT2D eigenvalue weighted by Gasteiger charge is -2.14. The van der Waals surface area contributed by atoms with Gasteiger partial charge in [-0.3, -0.25) is 9.59 Å². The number of para-hydroxylation sites is 1. The van der Waals surface area contributed by atoms with Crippen LogP contribution in [0.4, 0.5) is 5.69 Å². The second kappa shape index (κ2) is 6.12. The maximum atomic E-state index is 12.2. The Balaban J connectivity index is 2.08. The predicted molar refractivity (Wildman–Crippen MR) is 79.7 cm³/mol. The fourth-order valence-corrected chi connectivity index (χ4v) is 2.93. The van der Waals surface area contributed by atoms with Gasteiger partial charge < -0.3 is 16.0 Å². The predicted octanol–water partition coefficient (Wildman–Crippen LogP) is 2.19. The molecule has 2 amide bonds. The minimum atomic E-state index is -0.245. The van der Waals surface area contributed by atoms with Crippen molar-refractivity contribution in [3.8, 4) is 0 Å². The zero-order chi connectivity index (χ0) is 13.8. The molecule has 0 saturated heterocycles. The number of benzene rings is 1. The van der Waals surface area contributed by atoms with Crippen molar-refractivity contribution in [3.63, 3.8) is 0 Å². The monoisotopic (exact) mass is 341 g/mol. The van der Waals surface area contributed by atoms with Crippen LogP contribution in [0.15, 0.2) is 34.3 Å². The number of halogens is 1. The van der Waals surface area contributed by atoms with Gasteiger partial charge >= 0.3 is 0 Å². The summed E-state index contributed by atoms with van der Waals surface area (Å²) >= 11 is 4.78. The summed E-state index contributed by atoms with van der Waals surface area (Å²) in [5.74, 6) is -0.456. The number of rotatable bonds is 3. The standard InChI is InChI=1S/C12H12BrN3O2S/c1-7(17)15-9-5-3-2-4-8(9)11(18)16-12-14-6-10(13)19-12/h2-6,12,14H,1H3,(H,15,17)(H,16,18). The van der Waals surface area contributed by atoms with E-state index >= 15 is 0 Å². The van der Waals surface area contributed by atoms with E-state index in [9.17, 15) is 9.59 Å². The van der Waals surface area contributed by atoms with Crippen molar-refractivity contribution in [1.29, 1.82) is 0 Å². The van der Waals surface area contributed by atoms with E-state index < -0.39 is 0 Å². The van der Waals surface area contributed by atoms with Crippen molar-refractivity contribution >= 4 is 45.2 Å². The van der Waals surface area contributed by atoms with Crippen molar-refractivity contribution in [3.05, 3.63) is 39.8 Å². The van der Waals surface area contributed by atoms with Gasteiger partial charge in [-0.1, -0.05) is 23.9 Å². The molecule has 1 aromatic carbocycles. The van der Waals surface area contributed by atoms with E-state index in [1.54, 1.807) is 30.5 Å². The molecule has 2 rings (SSSR count). The molecule has 0 radical (unpaired) electrons. The maximum Gasteiger partial charge on any atom is 0.255 e. The third-order valence-corrected chi connectivity index (χ3v) is 3.95. The van der Waals surface area contributed by atoms with Gasteiger partial charge in [0.2, 0.25) is 5.91 Å². The van der Waals surface area contributed by atoms with E-state index in [0.29, 0.717) is 11.3 Å². The quantitative estimate of drug-likeness (QED) is 0.788. The normalized spacial score (nSPS) is 17.4. The Bertz CT molecular complexity index is 548. The van der Waals surface area contributed by atoms with Crippen LogP contribution in [0, 0.1) is 0 Å². The third kappa shape index (κ3) is 3.74. The molecule has 1 unspecified atom stereocenters. The Morgan fingerprint density at radius 3 is 2.74 bits per heavy atom. The Labute approximate surface area is 123 Å². The van der Waals surface area contributed by atoms with Crippen LogP contribution >= 0.6 is 27.7 Å². The Kier molecular flexibility index (Phi) is 4.49. The van der Waals surface area contributed by atoms with Crippen LogP contribution in [0.3, 0.4) is 0 Å². The summed E-state index contributed by atoms with van der Waals surface area (Å²) in [4.78, 5) is 23.3. The molecule has 7 heteroatoms. The Morgan fingerprint density at radius 1 is 1.37 bits per heavy atom. The first-order valence-corrected chi connectivity index (χ1v) is 7.19. The highest BCUT2D eigenvalue weighted by Crippen LogP contribution is 2.29. The molecule has 0 bridgehead atoms. The number of nitrogens with one attached hydrogen (secondary N) is 3. The highest BCUT2D eigenvalue weighted by Gasteiger charge is 2.20. The number of amides is 2. The molecule has 1 aliphatic rings. The van der Waals surface area contributed by atoms with Crippen LogP contribution in [0.5, 0.6) is 0 Å². The van der Waals surface area contributed by atoms with Gasteiger partial charge in [-0.2, -0.15) is 0 Å². The molecule has 1 atom stereocenters. The molecule has 1 heterocycles. The highest BCUT2D eigenvalue weighted by atomic mass is 79.9. The van der Waals surface area contributed by atoms with E-state index in [1.807, 2.05) is 0 Å². The van der Waals surface area contributed by atoms with Gasteiger partial charge in [-0.25, -0.2) is 0 Å². The van der Waals surface area contributed by atoms with Crippen LogP contribution in [-0.4, -0.2) is 17.3 Å². The first-order valence-electron chi connectivity index (χ1n) is 5.52. The second-order valence-corrected chi connectivity index (χ2v) is 6.34. The van der Waals surface area contributed by atoms with Gasteiger partial charge in [0.15, 0.2) is 5.50 Å². The number of anilines is 1. The number of carbonyl (C=O) groups is 2. The summed E-state index contributed by atoms with van der Waals surface area (Å²) in [5.41, 5.74) is 0.720. The molecule has 0 fully saturated rings. The Morgan fingerprint density at radius 2 is 2.11 bits per heavy atom. The summed E-state index contributed by atoms with van der Waals surface area (Å²) in [7, 11) is 0. The molecule has 0 saturated carbocycles. The van der Waals surface area contributed by atoms with Crippen LogP contribution < -0.4 is 16.0 Å². The third-order valence-electron chi connectivity index (χ3n) is 2.32. The Hall–Kier alpha value is -1.47. The second-order valence-electron chi connectivity index (χ2n) is 3.81. The van der Waals surface area contributed by atoms with E-state index in [1.165, 1.54) is 18.7 Å². The molecule has 0 spiro atoms. The van der Waals surface area contributed by atoms with Gasteiger partial charge in [-0.15, -0.1) is 0 Å². The topological polar surface area (TPSA) is 70.2 Å². The number of thioether (sulfide) groups is 1. The van der Waals surface area contributed by atoms with Gasteiger partial charge in [-0.05, 0) is 28.1 Å². The molecule has 1 aromatic rings. The van der Waals surface area contributed by atoms with Crippen molar-refractivity contribution in [2.45, 2.75) is 12.4 Å². The molecular weight excluding hydrogens is 330 g/mol. The molecule has 100 valence electrons. The van der Waals surface area contributed by atoms with Crippen molar-refractivity contribution < 1.29 is 9.59 Å². The maximum absolute atomic E-state index is 12.2. The SMILES string of the molecule is CC(=O)Nc1ccccc1C(=O)NC1NC=C(Br)S1. The van der Waals surface area contributed by atoms with Crippen molar-refractivity contribution in [2.24, 2.45) is 0 Å².